The molecule has 0 spiro atoms. The van der Waals surface area contributed by atoms with Crippen molar-refractivity contribution in [2.45, 2.75) is 39.0 Å². The Balaban J connectivity index is 2.39. The summed E-state index contributed by atoms with van der Waals surface area (Å²) in [5.74, 6) is 5.40. The smallest absolute Gasteiger partial charge is 0.268 e. The molecule has 0 aliphatic heterocycles. The quantitative estimate of drug-likeness (QED) is 0.322. The number of rotatable bonds is 8. The first-order valence-corrected chi connectivity index (χ1v) is 6.52. The Morgan fingerprint density at radius 2 is 1.94 bits per heavy atom. The lowest BCUT2D eigenvalue weighted by atomic mass is 10.1. The lowest BCUT2D eigenvalue weighted by Gasteiger charge is -2.10. The third kappa shape index (κ3) is 4.75. The van der Waals surface area contributed by atoms with Gasteiger partial charge in [-0.05, 0) is 18.6 Å². The average Bonchev–Trinajstić information content (AvgIpc) is 2.42. The van der Waals surface area contributed by atoms with Gasteiger partial charge in [0.2, 0.25) is 0 Å². The maximum Gasteiger partial charge on any atom is 0.268 e. The van der Waals surface area contributed by atoms with E-state index >= 15 is 0 Å². The molecular weight excluding hydrogens is 228 g/mol. The van der Waals surface area contributed by atoms with Gasteiger partial charge in [0.25, 0.3) is 5.91 Å². The summed E-state index contributed by atoms with van der Waals surface area (Å²) in [5.41, 5.74) is 2.60. The molecule has 4 nitrogen and oxygen atoms in total. The van der Waals surface area contributed by atoms with Crippen LogP contribution in [0.2, 0.25) is 0 Å². The molecule has 0 aromatic heterocycles. The fourth-order valence-corrected chi connectivity index (χ4v) is 1.75. The molecule has 1 amide bonds. The zero-order valence-corrected chi connectivity index (χ0v) is 10.9. The van der Waals surface area contributed by atoms with Crippen LogP contribution in [0.25, 0.3) is 0 Å². The van der Waals surface area contributed by atoms with Gasteiger partial charge in [-0.1, -0.05) is 44.7 Å². The summed E-state index contributed by atoms with van der Waals surface area (Å²) in [6, 6.07) is 7.13. The van der Waals surface area contributed by atoms with E-state index in [9.17, 15) is 4.79 Å². The topological polar surface area (TPSA) is 64.3 Å². The molecule has 0 aliphatic carbocycles. The Kier molecular flexibility index (Phi) is 6.87. The first-order valence-electron chi connectivity index (χ1n) is 6.52. The van der Waals surface area contributed by atoms with Gasteiger partial charge in [0.15, 0.2) is 0 Å². The highest BCUT2D eigenvalue weighted by Crippen LogP contribution is 2.18. The second kappa shape index (κ2) is 8.53. The molecule has 0 heterocycles. The van der Waals surface area contributed by atoms with Crippen LogP contribution in [0.3, 0.4) is 0 Å². The van der Waals surface area contributed by atoms with Crippen molar-refractivity contribution in [2.24, 2.45) is 5.84 Å². The summed E-state index contributed by atoms with van der Waals surface area (Å²) in [6.45, 7) is 2.83. The molecule has 3 N–H and O–H groups in total. The number of ether oxygens (including phenoxy) is 1. The maximum absolute atomic E-state index is 11.5. The van der Waals surface area contributed by atoms with Crippen LogP contribution in [0.4, 0.5) is 0 Å². The summed E-state index contributed by atoms with van der Waals surface area (Å²) < 4.78 is 5.62. The largest absolute Gasteiger partial charge is 0.493 e. The molecule has 0 bridgehead atoms. The van der Waals surface area contributed by atoms with Gasteiger partial charge < -0.3 is 4.74 Å². The molecule has 100 valence electrons. The third-order valence-corrected chi connectivity index (χ3v) is 2.77. The standard InChI is InChI=1S/C14H22N2O2/c1-2-3-4-5-8-11-18-13-10-7-6-9-12(13)14(17)16-15/h6-7,9-10H,2-5,8,11,15H2,1H3,(H,16,17). The Morgan fingerprint density at radius 1 is 1.22 bits per heavy atom. The van der Waals surface area contributed by atoms with Gasteiger partial charge in [0.1, 0.15) is 5.75 Å². The second-order valence-corrected chi connectivity index (χ2v) is 4.23. The number of nitrogens with one attached hydrogen (secondary N) is 1. The minimum absolute atomic E-state index is 0.323. The number of nitrogen functional groups attached to an aromatic ring is 1. The van der Waals surface area contributed by atoms with Gasteiger partial charge in [-0.15, -0.1) is 0 Å². The van der Waals surface area contributed by atoms with Crippen LogP contribution in [0, 0.1) is 0 Å². The normalized spacial score (nSPS) is 10.1. The summed E-state index contributed by atoms with van der Waals surface area (Å²) in [5, 5.41) is 0. The van der Waals surface area contributed by atoms with E-state index < -0.39 is 0 Å². The van der Waals surface area contributed by atoms with Crippen LogP contribution >= 0.6 is 0 Å². The van der Waals surface area contributed by atoms with E-state index in [0.29, 0.717) is 17.9 Å². The monoisotopic (exact) mass is 250 g/mol. The van der Waals surface area contributed by atoms with Gasteiger partial charge in [-0.3, -0.25) is 10.2 Å². The Hall–Kier alpha value is -1.55. The Bertz CT molecular complexity index is 367. The molecule has 4 heteroatoms. The van der Waals surface area contributed by atoms with E-state index in [4.69, 9.17) is 10.6 Å². The fourth-order valence-electron chi connectivity index (χ4n) is 1.75. The molecule has 1 aromatic rings. The minimum Gasteiger partial charge on any atom is -0.493 e. The number of unbranched alkanes of at least 4 members (excludes halogenated alkanes) is 4. The van der Waals surface area contributed by atoms with Gasteiger partial charge in [-0.2, -0.15) is 0 Å². The highest BCUT2D eigenvalue weighted by molar-refractivity contribution is 5.96. The molecule has 18 heavy (non-hydrogen) atoms. The van der Waals surface area contributed by atoms with Gasteiger partial charge in [0, 0.05) is 0 Å². The molecule has 0 saturated heterocycles. The second-order valence-electron chi connectivity index (χ2n) is 4.23. The Morgan fingerprint density at radius 3 is 2.67 bits per heavy atom. The number of benzene rings is 1. The summed E-state index contributed by atoms with van der Waals surface area (Å²) >= 11 is 0. The highest BCUT2D eigenvalue weighted by Gasteiger charge is 2.09. The van der Waals surface area contributed by atoms with E-state index in [1.807, 2.05) is 6.07 Å². The van der Waals surface area contributed by atoms with E-state index in [0.717, 1.165) is 6.42 Å². The van der Waals surface area contributed by atoms with Crippen LogP contribution < -0.4 is 16.0 Å². The summed E-state index contributed by atoms with van der Waals surface area (Å²) in [7, 11) is 0. The molecule has 0 unspecified atom stereocenters. The van der Waals surface area contributed by atoms with Crippen molar-refractivity contribution in [1.82, 2.24) is 5.43 Å². The predicted molar refractivity (Wildman–Crippen MR) is 72.3 cm³/mol. The molecule has 0 fully saturated rings. The number of carbonyl (C=O) groups excluding carboxylic acids is 1. The number of hydrazine groups is 1. The van der Waals surface area contributed by atoms with E-state index in [1.165, 1.54) is 25.7 Å². The van der Waals surface area contributed by atoms with E-state index in [1.54, 1.807) is 18.2 Å². The van der Waals surface area contributed by atoms with Crippen LogP contribution in [-0.2, 0) is 0 Å². The molecule has 1 rings (SSSR count). The molecule has 0 aliphatic rings. The van der Waals surface area contributed by atoms with Gasteiger partial charge in [0.05, 0.1) is 12.2 Å². The summed E-state index contributed by atoms with van der Waals surface area (Å²) in [4.78, 5) is 11.5. The number of carbonyl (C=O) groups is 1. The number of hydrogen-bond acceptors (Lipinski definition) is 3. The lowest BCUT2D eigenvalue weighted by molar-refractivity contribution is 0.0949. The number of amides is 1. The van der Waals surface area contributed by atoms with Crippen molar-refractivity contribution < 1.29 is 9.53 Å². The molecule has 1 aromatic carbocycles. The van der Waals surface area contributed by atoms with Crippen molar-refractivity contribution in [2.75, 3.05) is 6.61 Å². The highest BCUT2D eigenvalue weighted by atomic mass is 16.5. The minimum atomic E-state index is -0.323. The lowest BCUT2D eigenvalue weighted by Crippen LogP contribution is -2.30. The maximum atomic E-state index is 11.5. The van der Waals surface area contributed by atoms with Crippen molar-refractivity contribution in [3.63, 3.8) is 0 Å². The van der Waals surface area contributed by atoms with Crippen molar-refractivity contribution in [3.8, 4) is 5.75 Å². The van der Waals surface area contributed by atoms with Crippen molar-refractivity contribution in [3.05, 3.63) is 29.8 Å². The van der Waals surface area contributed by atoms with E-state index in [-0.39, 0.29) is 5.91 Å². The Labute approximate surface area is 108 Å². The number of hydrogen-bond donors (Lipinski definition) is 2. The van der Waals surface area contributed by atoms with Crippen LogP contribution in [0.1, 0.15) is 49.4 Å². The SMILES string of the molecule is CCCCCCCOc1ccccc1C(=O)NN. The molecule has 0 atom stereocenters. The predicted octanol–water partition coefficient (Wildman–Crippen LogP) is 2.64. The first kappa shape index (κ1) is 14.5. The molecular formula is C14H22N2O2. The summed E-state index contributed by atoms with van der Waals surface area (Å²) in [6.07, 6.45) is 5.93. The average molecular weight is 250 g/mol. The fraction of sp³-hybridized carbons (Fsp3) is 0.500. The molecule has 0 saturated carbocycles. The zero-order chi connectivity index (χ0) is 13.2. The van der Waals surface area contributed by atoms with Crippen LogP contribution in [0.15, 0.2) is 24.3 Å². The third-order valence-electron chi connectivity index (χ3n) is 2.77. The van der Waals surface area contributed by atoms with Crippen molar-refractivity contribution >= 4 is 5.91 Å². The number of para-hydroxylation sites is 1. The molecule has 0 radical (unpaired) electrons. The van der Waals surface area contributed by atoms with Crippen LogP contribution in [-0.4, -0.2) is 12.5 Å². The first-order chi connectivity index (χ1) is 8.79. The van der Waals surface area contributed by atoms with E-state index in [2.05, 4.69) is 12.3 Å². The van der Waals surface area contributed by atoms with Gasteiger partial charge in [-0.25, -0.2) is 5.84 Å². The van der Waals surface area contributed by atoms with Crippen molar-refractivity contribution in [1.29, 1.82) is 0 Å². The van der Waals surface area contributed by atoms with Crippen LogP contribution in [0.5, 0.6) is 5.75 Å². The number of nitrogens with two attached hydrogens (primary N) is 1. The van der Waals surface area contributed by atoms with Gasteiger partial charge >= 0.3 is 0 Å². The zero-order valence-electron chi connectivity index (χ0n) is 10.9.